The van der Waals surface area contributed by atoms with Crippen molar-refractivity contribution in [1.82, 2.24) is 4.98 Å². The maximum absolute atomic E-state index is 9.04. The summed E-state index contributed by atoms with van der Waals surface area (Å²) in [5, 5.41) is 9.04. The zero-order valence-electron chi connectivity index (χ0n) is 9.27. The third kappa shape index (κ3) is 1.42. The average molecular weight is 193 g/mol. The van der Waals surface area contributed by atoms with Gasteiger partial charge in [0.2, 0.25) is 5.88 Å². The number of halogens is 1. The third-order valence-corrected chi connectivity index (χ3v) is 1.31. The van der Waals surface area contributed by atoms with Gasteiger partial charge in [-0.15, -0.1) is 0 Å². The van der Waals surface area contributed by atoms with Crippen molar-refractivity contribution in [3.63, 3.8) is 0 Å². The Kier molecular flexibility index (Phi) is 0.674. The first kappa shape index (κ1) is 2.58. The van der Waals surface area contributed by atoms with Crippen molar-refractivity contribution >= 4 is 15.9 Å². The van der Waals surface area contributed by atoms with Crippen LogP contribution in [0, 0.1) is 6.85 Å². The summed E-state index contributed by atoms with van der Waals surface area (Å²) in [5.74, 6) is -0.658. The molecule has 1 aromatic rings. The summed E-state index contributed by atoms with van der Waals surface area (Å²) < 4.78 is 35.7. The molecule has 3 heteroatoms. The minimum absolute atomic E-state index is 0.116. The lowest BCUT2D eigenvalue weighted by Gasteiger charge is -1.94. The van der Waals surface area contributed by atoms with Gasteiger partial charge in [0, 0.05) is 20.8 Å². The van der Waals surface area contributed by atoms with Crippen LogP contribution in [0.25, 0.3) is 0 Å². The fourth-order valence-corrected chi connectivity index (χ4v) is 0.613. The van der Waals surface area contributed by atoms with E-state index in [1.807, 2.05) is 0 Å². The highest BCUT2D eigenvalue weighted by Crippen LogP contribution is 2.17. The topological polar surface area (TPSA) is 33.1 Å². The Morgan fingerprint density at radius 3 is 3.44 bits per heavy atom. The molecule has 1 rings (SSSR count). The number of aromatic nitrogens is 1. The molecule has 0 bridgehead atoms. The second-order valence-electron chi connectivity index (χ2n) is 1.36. The van der Waals surface area contributed by atoms with Gasteiger partial charge in [0.15, 0.2) is 0 Å². The van der Waals surface area contributed by atoms with Gasteiger partial charge in [0.25, 0.3) is 0 Å². The van der Waals surface area contributed by atoms with Gasteiger partial charge in [0.05, 0.1) is 2.74 Å². The Labute approximate surface area is 68.7 Å². The zero-order chi connectivity index (χ0) is 11.1. The van der Waals surface area contributed by atoms with E-state index in [-0.39, 0.29) is 10.0 Å². The normalized spacial score (nSPS) is 19.0. The monoisotopic (exact) mass is 192 g/mol. The van der Waals surface area contributed by atoms with Gasteiger partial charge < -0.3 is 5.11 Å². The van der Waals surface area contributed by atoms with Crippen molar-refractivity contribution < 1.29 is 12.0 Å². The van der Waals surface area contributed by atoms with E-state index in [9.17, 15) is 0 Å². The lowest BCUT2D eigenvalue weighted by Crippen LogP contribution is -1.77. The lowest BCUT2D eigenvalue weighted by atomic mass is 10.3. The highest BCUT2D eigenvalue weighted by atomic mass is 79.9. The summed E-state index contributed by atoms with van der Waals surface area (Å²) in [6.07, 6.45) is -0.551. The van der Waals surface area contributed by atoms with E-state index in [1.54, 1.807) is 0 Å². The Morgan fingerprint density at radius 2 is 2.78 bits per heavy atom. The summed E-state index contributed by atoms with van der Waals surface area (Å²) in [4.78, 5) is 3.25. The lowest BCUT2D eigenvalue weighted by molar-refractivity contribution is 0.452. The summed E-state index contributed by atoms with van der Waals surface area (Å²) in [6, 6.07) is -0.424. The van der Waals surface area contributed by atoms with E-state index in [0.29, 0.717) is 0 Å². The molecule has 1 aromatic heterocycles. The van der Waals surface area contributed by atoms with Crippen molar-refractivity contribution in [1.29, 1.82) is 0 Å². The largest absolute Gasteiger partial charge is 0.493 e. The Morgan fingerprint density at radius 1 is 2.00 bits per heavy atom. The van der Waals surface area contributed by atoms with Gasteiger partial charge in [0.1, 0.15) is 0 Å². The van der Waals surface area contributed by atoms with Crippen LogP contribution >= 0.6 is 15.9 Å². The molecule has 0 saturated carbocycles. The smallest absolute Gasteiger partial charge is 0.211 e. The third-order valence-electron chi connectivity index (χ3n) is 0.715. The number of nitrogens with zero attached hydrogens (tertiary/aromatic N) is 1. The standard InChI is InChI=1S/C6H6BrNO/c1-4-3-8-6(9)2-5(4)7/h2-3H,1H3,(H,8,9)/i1D3,2D,3D. The summed E-state index contributed by atoms with van der Waals surface area (Å²) in [7, 11) is 0. The van der Waals surface area contributed by atoms with E-state index < -0.39 is 24.9 Å². The van der Waals surface area contributed by atoms with Crippen LogP contribution in [0.3, 0.4) is 0 Å². The van der Waals surface area contributed by atoms with Crippen LogP contribution in [-0.4, -0.2) is 10.1 Å². The maximum Gasteiger partial charge on any atom is 0.211 e. The molecule has 0 saturated heterocycles. The first-order valence-electron chi connectivity index (χ1n) is 4.61. The summed E-state index contributed by atoms with van der Waals surface area (Å²) in [5.41, 5.74) is -0.361. The van der Waals surface area contributed by atoms with Gasteiger partial charge >= 0.3 is 0 Å². The van der Waals surface area contributed by atoms with Crippen molar-refractivity contribution in [2.75, 3.05) is 0 Å². The molecule has 0 spiro atoms. The highest BCUT2D eigenvalue weighted by molar-refractivity contribution is 9.10. The van der Waals surface area contributed by atoms with E-state index in [2.05, 4.69) is 20.9 Å². The van der Waals surface area contributed by atoms with Crippen molar-refractivity contribution in [3.8, 4) is 5.88 Å². The van der Waals surface area contributed by atoms with Crippen LogP contribution < -0.4 is 0 Å². The molecule has 0 radical (unpaired) electrons. The number of aromatic hydroxyl groups is 1. The molecule has 48 valence electrons. The van der Waals surface area contributed by atoms with Crippen LogP contribution in [0.2, 0.25) is 0 Å². The molecule has 9 heavy (non-hydrogen) atoms. The van der Waals surface area contributed by atoms with Gasteiger partial charge in [-0.1, -0.05) is 15.9 Å². The summed E-state index contributed by atoms with van der Waals surface area (Å²) >= 11 is 2.85. The van der Waals surface area contributed by atoms with Gasteiger partial charge in [-0.05, 0) is 12.4 Å². The highest BCUT2D eigenvalue weighted by Gasteiger charge is 1.94. The Balaban J connectivity index is 3.53. The molecule has 0 aliphatic rings. The number of rotatable bonds is 0. The molecule has 0 unspecified atom stereocenters. The minimum Gasteiger partial charge on any atom is -0.493 e. The molecule has 0 aromatic carbocycles. The quantitative estimate of drug-likeness (QED) is 0.682. The van der Waals surface area contributed by atoms with Gasteiger partial charge in [-0.3, -0.25) is 0 Å². The van der Waals surface area contributed by atoms with Crippen molar-refractivity contribution in [2.45, 2.75) is 6.85 Å². The molecule has 0 atom stereocenters. The Bertz CT molecular complexity index is 377. The van der Waals surface area contributed by atoms with Crippen LogP contribution in [0.4, 0.5) is 0 Å². The van der Waals surface area contributed by atoms with Crippen LogP contribution in [0.5, 0.6) is 5.88 Å². The number of pyridine rings is 1. The van der Waals surface area contributed by atoms with E-state index in [0.717, 1.165) is 0 Å². The fraction of sp³-hybridized carbons (Fsp3) is 0.167. The molecule has 0 aliphatic carbocycles. The molecule has 1 heterocycles. The minimum atomic E-state index is -2.52. The van der Waals surface area contributed by atoms with Crippen molar-refractivity contribution in [2.24, 2.45) is 0 Å². The zero-order valence-corrected chi connectivity index (χ0v) is 5.86. The second kappa shape index (κ2) is 2.35. The van der Waals surface area contributed by atoms with E-state index in [1.165, 1.54) is 0 Å². The van der Waals surface area contributed by atoms with E-state index >= 15 is 0 Å². The average Bonchev–Trinajstić information content (AvgIpc) is 1.97. The molecule has 0 fully saturated rings. The van der Waals surface area contributed by atoms with Crippen molar-refractivity contribution in [3.05, 3.63) is 22.3 Å². The Hall–Kier alpha value is -0.570. The van der Waals surface area contributed by atoms with Crippen LogP contribution in [0.1, 0.15) is 12.4 Å². The SMILES string of the molecule is [2H]c1nc(O)c([2H])c(Br)c1C([2H])([2H])[2H]. The predicted octanol–water partition coefficient (Wildman–Crippen LogP) is 1.86. The molecule has 0 aliphatic heterocycles. The second-order valence-corrected chi connectivity index (χ2v) is 2.15. The number of hydrogen-bond donors (Lipinski definition) is 1. The maximum atomic E-state index is 9.04. The van der Waals surface area contributed by atoms with Crippen LogP contribution in [-0.2, 0) is 0 Å². The predicted molar refractivity (Wildman–Crippen MR) is 38.3 cm³/mol. The fourth-order valence-electron chi connectivity index (χ4n) is 0.347. The molecule has 1 N–H and O–H groups in total. The molecular weight excluding hydrogens is 182 g/mol. The summed E-state index contributed by atoms with van der Waals surface area (Å²) in [6.45, 7) is -2.52. The first-order chi connectivity index (χ1) is 6.25. The number of hydrogen-bond acceptors (Lipinski definition) is 2. The van der Waals surface area contributed by atoms with Gasteiger partial charge in [-0.2, -0.15) is 0 Å². The molecule has 0 amide bonds. The molecular formula is C6H6BrNO. The first-order valence-corrected chi connectivity index (χ1v) is 2.90. The van der Waals surface area contributed by atoms with Gasteiger partial charge in [-0.25, -0.2) is 4.98 Å². The van der Waals surface area contributed by atoms with E-state index in [4.69, 9.17) is 12.0 Å². The van der Waals surface area contributed by atoms with Crippen LogP contribution in [0.15, 0.2) is 16.7 Å². The molecule has 2 nitrogen and oxygen atoms in total.